The minimum Gasteiger partial charge on any atom is -0.311 e. The van der Waals surface area contributed by atoms with E-state index in [1.807, 2.05) is 6.08 Å². The molecule has 0 aromatic heterocycles. The summed E-state index contributed by atoms with van der Waals surface area (Å²) in [7, 11) is 0. The van der Waals surface area contributed by atoms with Gasteiger partial charge in [-0.15, -0.1) is 0 Å². The second kappa shape index (κ2) is 14.9. The van der Waals surface area contributed by atoms with Crippen molar-refractivity contribution in [3.8, 4) is 0 Å². The maximum absolute atomic E-state index is 3.84. The molecule has 0 amide bonds. The summed E-state index contributed by atoms with van der Waals surface area (Å²) in [5.41, 5.74) is 14.0. The van der Waals surface area contributed by atoms with E-state index in [4.69, 9.17) is 0 Å². The van der Waals surface area contributed by atoms with Gasteiger partial charge in [0.1, 0.15) is 0 Å². The third-order valence-electron chi connectivity index (χ3n) is 8.19. The van der Waals surface area contributed by atoms with Crippen molar-refractivity contribution < 1.29 is 0 Å². The Kier molecular flexibility index (Phi) is 9.86. The smallest absolute Gasteiger partial charge is 0.0462 e. The van der Waals surface area contributed by atoms with Crippen LogP contribution in [0.1, 0.15) is 50.1 Å². The van der Waals surface area contributed by atoms with E-state index in [9.17, 15) is 0 Å². The Hall–Kier alpha value is -5.92. The Labute approximate surface area is 279 Å². The fourth-order valence-corrected chi connectivity index (χ4v) is 5.33. The number of nitrogens with zero attached hydrogens (tertiary/aromatic N) is 1. The SMILES string of the molecule is C=Cc1ccc(/C=C/c2ccc(N(c3ccc(/C=C/c4ccc(C)cc4)cc3)c3ccc(/C=C/c4ccc(C)cc4)cc3)cc2)cc1. The fraction of sp³-hybridized carbons (Fsp3) is 0.0435. The summed E-state index contributed by atoms with van der Waals surface area (Å²) in [6.07, 6.45) is 14.8. The molecule has 0 atom stereocenters. The predicted octanol–water partition coefficient (Wildman–Crippen LogP) is 12.9. The van der Waals surface area contributed by atoms with Crippen LogP contribution in [-0.2, 0) is 0 Å². The molecular weight excluding hydrogens is 567 g/mol. The summed E-state index contributed by atoms with van der Waals surface area (Å²) in [6.45, 7) is 8.07. The molecule has 0 aliphatic heterocycles. The van der Waals surface area contributed by atoms with E-state index in [1.54, 1.807) is 0 Å². The highest BCUT2D eigenvalue weighted by Crippen LogP contribution is 2.35. The van der Waals surface area contributed by atoms with Gasteiger partial charge < -0.3 is 4.90 Å². The number of rotatable bonds is 10. The molecule has 0 bridgehead atoms. The maximum atomic E-state index is 3.84. The van der Waals surface area contributed by atoms with E-state index >= 15 is 0 Å². The lowest BCUT2D eigenvalue weighted by Crippen LogP contribution is -2.09. The Morgan fingerprint density at radius 2 is 0.532 bits per heavy atom. The van der Waals surface area contributed by atoms with Crippen molar-refractivity contribution in [2.75, 3.05) is 4.90 Å². The third-order valence-corrected chi connectivity index (χ3v) is 8.19. The van der Waals surface area contributed by atoms with Crippen molar-refractivity contribution in [1.29, 1.82) is 0 Å². The summed E-state index contributed by atoms with van der Waals surface area (Å²) in [6, 6.07) is 51.8. The second-order valence-electron chi connectivity index (χ2n) is 11.8. The average Bonchev–Trinajstić information content (AvgIpc) is 3.12. The first-order valence-electron chi connectivity index (χ1n) is 16.0. The van der Waals surface area contributed by atoms with Gasteiger partial charge in [-0.1, -0.05) is 169 Å². The highest BCUT2D eigenvalue weighted by Gasteiger charge is 2.12. The van der Waals surface area contributed by atoms with Crippen LogP contribution in [0.2, 0.25) is 0 Å². The number of aryl methyl sites for hydroxylation is 2. The molecule has 0 radical (unpaired) electrons. The largest absolute Gasteiger partial charge is 0.311 e. The second-order valence-corrected chi connectivity index (χ2v) is 11.8. The quantitative estimate of drug-likeness (QED) is 0.140. The first-order chi connectivity index (χ1) is 23.0. The molecule has 1 nitrogen and oxygen atoms in total. The molecule has 0 aliphatic rings. The molecule has 0 heterocycles. The minimum absolute atomic E-state index is 1.10. The normalized spacial score (nSPS) is 11.4. The molecule has 0 saturated heterocycles. The zero-order chi connectivity index (χ0) is 32.4. The number of anilines is 3. The van der Waals surface area contributed by atoms with Crippen molar-refractivity contribution in [3.05, 3.63) is 202 Å². The predicted molar refractivity (Wildman–Crippen MR) is 207 cm³/mol. The molecule has 1 heteroatoms. The van der Waals surface area contributed by atoms with Crippen LogP contribution in [-0.4, -0.2) is 0 Å². The lowest BCUT2D eigenvalue weighted by molar-refractivity contribution is 1.28. The van der Waals surface area contributed by atoms with Gasteiger partial charge in [-0.2, -0.15) is 0 Å². The standard InChI is InChI=1S/C46H39N/c1-4-37-13-15-40(16-14-37)19-22-43-27-33-46(34-28-43)47(44-29-23-41(24-30-44)20-17-38-9-5-35(2)6-10-38)45-31-25-42(26-32-45)21-18-39-11-7-36(3)8-12-39/h4-34H,1H2,2-3H3/b20-17+,21-18+,22-19+. The lowest BCUT2D eigenvalue weighted by Gasteiger charge is -2.26. The van der Waals surface area contributed by atoms with E-state index in [0.717, 1.165) is 44.9 Å². The van der Waals surface area contributed by atoms with E-state index < -0.39 is 0 Å². The first-order valence-corrected chi connectivity index (χ1v) is 16.0. The highest BCUT2D eigenvalue weighted by molar-refractivity contribution is 5.80. The van der Waals surface area contributed by atoms with Crippen LogP contribution >= 0.6 is 0 Å². The van der Waals surface area contributed by atoms with Gasteiger partial charge in [0, 0.05) is 17.1 Å². The van der Waals surface area contributed by atoms with Crippen LogP contribution in [0.25, 0.3) is 42.5 Å². The number of hydrogen-bond acceptors (Lipinski definition) is 1. The molecule has 0 spiro atoms. The topological polar surface area (TPSA) is 3.24 Å². The monoisotopic (exact) mass is 605 g/mol. The molecule has 0 saturated carbocycles. The van der Waals surface area contributed by atoms with Gasteiger partial charge >= 0.3 is 0 Å². The molecule has 47 heavy (non-hydrogen) atoms. The van der Waals surface area contributed by atoms with Crippen molar-refractivity contribution in [1.82, 2.24) is 0 Å². The van der Waals surface area contributed by atoms with Crippen LogP contribution in [0.15, 0.2) is 152 Å². The molecular formula is C46H39N. The minimum atomic E-state index is 1.10. The van der Waals surface area contributed by atoms with Gasteiger partial charge in [-0.25, -0.2) is 0 Å². The third kappa shape index (κ3) is 8.42. The lowest BCUT2D eigenvalue weighted by atomic mass is 10.1. The van der Waals surface area contributed by atoms with E-state index in [0.29, 0.717) is 0 Å². The Morgan fingerprint density at radius 1 is 0.319 bits per heavy atom. The number of benzene rings is 6. The van der Waals surface area contributed by atoms with E-state index in [-0.39, 0.29) is 0 Å². The summed E-state index contributed by atoms with van der Waals surface area (Å²) in [4.78, 5) is 2.31. The molecule has 0 N–H and O–H groups in total. The van der Waals surface area contributed by atoms with Gasteiger partial charge in [-0.05, 0) is 89.2 Å². The van der Waals surface area contributed by atoms with Crippen molar-refractivity contribution in [3.63, 3.8) is 0 Å². The summed E-state index contributed by atoms with van der Waals surface area (Å²) in [5.74, 6) is 0. The van der Waals surface area contributed by atoms with Crippen LogP contribution < -0.4 is 4.90 Å². The van der Waals surface area contributed by atoms with Gasteiger partial charge in [0.15, 0.2) is 0 Å². The molecule has 228 valence electrons. The van der Waals surface area contributed by atoms with E-state index in [1.165, 1.54) is 22.3 Å². The molecule has 6 aromatic carbocycles. The molecule has 6 rings (SSSR count). The Balaban J connectivity index is 1.26. The van der Waals surface area contributed by atoms with Crippen molar-refractivity contribution >= 4 is 59.6 Å². The first kappa shape index (κ1) is 31.1. The van der Waals surface area contributed by atoms with E-state index in [2.05, 4.69) is 207 Å². The summed E-state index contributed by atoms with van der Waals surface area (Å²) < 4.78 is 0. The van der Waals surface area contributed by atoms with Crippen LogP contribution in [0.5, 0.6) is 0 Å². The van der Waals surface area contributed by atoms with Gasteiger partial charge in [0.2, 0.25) is 0 Å². The Bertz CT molecular complexity index is 1890. The number of hydrogen-bond donors (Lipinski definition) is 0. The molecule has 0 fully saturated rings. The van der Waals surface area contributed by atoms with Crippen molar-refractivity contribution in [2.24, 2.45) is 0 Å². The van der Waals surface area contributed by atoms with Crippen molar-refractivity contribution in [2.45, 2.75) is 13.8 Å². The van der Waals surface area contributed by atoms with Gasteiger partial charge in [-0.3, -0.25) is 0 Å². The fourth-order valence-electron chi connectivity index (χ4n) is 5.33. The summed E-state index contributed by atoms with van der Waals surface area (Å²) >= 11 is 0. The zero-order valence-corrected chi connectivity index (χ0v) is 27.1. The molecule has 0 unspecified atom stereocenters. The maximum Gasteiger partial charge on any atom is 0.0462 e. The van der Waals surface area contributed by atoms with Crippen LogP contribution in [0, 0.1) is 13.8 Å². The molecule has 6 aromatic rings. The summed E-state index contributed by atoms with van der Waals surface area (Å²) in [5, 5.41) is 0. The van der Waals surface area contributed by atoms with Gasteiger partial charge in [0.05, 0.1) is 0 Å². The Morgan fingerprint density at radius 3 is 0.787 bits per heavy atom. The zero-order valence-electron chi connectivity index (χ0n) is 27.1. The van der Waals surface area contributed by atoms with Crippen LogP contribution in [0.4, 0.5) is 17.1 Å². The average molecular weight is 606 g/mol. The van der Waals surface area contributed by atoms with Gasteiger partial charge in [0.25, 0.3) is 0 Å². The highest BCUT2D eigenvalue weighted by atomic mass is 15.1. The van der Waals surface area contributed by atoms with Crippen LogP contribution in [0.3, 0.4) is 0 Å². The molecule has 0 aliphatic carbocycles.